The van der Waals surface area contributed by atoms with E-state index in [9.17, 15) is 5.11 Å². The number of hydrogen-bond acceptors (Lipinski definition) is 7. The summed E-state index contributed by atoms with van der Waals surface area (Å²) in [7, 11) is 0. The molecular formula is C23H32O6S. The third-order valence-electron chi connectivity index (χ3n) is 6.54. The first-order chi connectivity index (χ1) is 14.7. The largest absolute Gasteiger partial charge is 0.387 e. The Morgan fingerprint density at radius 2 is 1.87 bits per heavy atom. The molecule has 30 heavy (non-hydrogen) atoms. The molecule has 0 aromatic heterocycles. The van der Waals surface area contributed by atoms with Crippen LogP contribution in [-0.4, -0.2) is 60.2 Å². The van der Waals surface area contributed by atoms with Crippen LogP contribution in [0.3, 0.4) is 0 Å². The van der Waals surface area contributed by atoms with Crippen LogP contribution in [0.5, 0.6) is 0 Å². The Kier molecular flexibility index (Phi) is 6.67. The number of aliphatic hydroxyl groups is 1. The van der Waals surface area contributed by atoms with Gasteiger partial charge in [-0.2, -0.15) is 0 Å². The van der Waals surface area contributed by atoms with Crippen LogP contribution in [0.4, 0.5) is 0 Å². The molecule has 1 N–H and O–H groups in total. The van der Waals surface area contributed by atoms with E-state index in [1.54, 1.807) is 11.8 Å². The van der Waals surface area contributed by atoms with Crippen LogP contribution in [-0.2, 0) is 23.7 Å². The summed E-state index contributed by atoms with van der Waals surface area (Å²) in [5.74, 6) is -0.574. The topological polar surface area (TPSA) is 66.4 Å². The van der Waals surface area contributed by atoms with Crippen molar-refractivity contribution in [2.24, 2.45) is 0 Å². The Labute approximate surface area is 182 Å². The number of rotatable bonds is 4. The normalized spacial score (nSPS) is 38.8. The molecule has 3 saturated heterocycles. The minimum absolute atomic E-state index is 0.305. The predicted octanol–water partition coefficient (Wildman–Crippen LogP) is 3.85. The molecule has 6 atom stereocenters. The zero-order valence-electron chi connectivity index (χ0n) is 17.3. The Morgan fingerprint density at radius 3 is 2.63 bits per heavy atom. The monoisotopic (exact) mass is 436 g/mol. The summed E-state index contributed by atoms with van der Waals surface area (Å²) in [6.07, 6.45) is 5.74. The fourth-order valence-corrected chi connectivity index (χ4v) is 6.05. The minimum atomic E-state index is -0.793. The first kappa shape index (κ1) is 21.2. The summed E-state index contributed by atoms with van der Waals surface area (Å²) in [4.78, 5) is 1.08. The van der Waals surface area contributed by atoms with Crippen LogP contribution in [0.25, 0.3) is 0 Å². The maximum Gasteiger partial charge on any atom is 0.169 e. The lowest BCUT2D eigenvalue weighted by Gasteiger charge is -2.52. The lowest BCUT2D eigenvalue weighted by Crippen LogP contribution is -2.65. The lowest BCUT2D eigenvalue weighted by atomic mass is 9.91. The van der Waals surface area contributed by atoms with Gasteiger partial charge in [-0.1, -0.05) is 36.4 Å². The molecule has 0 radical (unpaired) electrons. The maximum atomic E-state index is 11.4. The lowest BCUT2D eigenvalue weighted by molar-refractivity contribution is -0.377. The second-order valence-corrected chi connectivity index (χ2v) is 9.90. The summed E-state index contributed by atoms with van der Waals surface area (Å²) in [6.45, 7) is 1.14. The number of hydrogen-bond donors (Lipinski definition) is 1. The molecule has 1 spiro atoms. The van der Waals surface area contributed by atoms with Gasteiger partial charge < -0.3 is 28.8 Å². The molecule has 1 aromatic rings. The molecule has 3 heterocycles. The van der Waals surface area contributed by atoms with E-state index >= 15 is 0 Å². The van der Waals surface area contributed by atoms with Crippen LogP contribution in [0, 0.1) is 0 Å². The van der Waals surface area contributed by atoms with Crippen molar-refractivity contribution in [2.75, 3.05) is 13.2 Å². The van der Waals surface area contributed by atoms with Crippen molar-refractivity contribution in [3.63, 3.8) is 0 Å². The molecule has 0 bridgehead atoms. The number of thioether (sulfide) groups is 1. The average Bonchev–Trinajstić information content (AvgIpc) is 2.79. The zero-order chi connectivity index (χ0) is 20.4. The highest BCUT2D eigenvalue weighted by Crippen LogP contribution is 2.43. The van der Waals surface area contributed by atoms with Crippen LogP contribution in [0.2, 0.25) is 0 Å². The molecule has 3 aliphatic heterocycles. The molecular weight excluding hydrogens is 404 g/mol. The fourth-order valence-electron chi connectivity index (χ4n) is 4.91. The Balaban J connectivity index is 1.34. The van der Waals surface area contributed by atoms with Gasteiger partial charge in [0.25, 0.3) is 0 Å². The molecule has 166 valence electrons. The zero-order valence-corrected chi connectivity index (χ0v) is 18.1. The van der Waals surface area contributed by atoms with Crippen molar-refractivity contribution in [2.45, 2.75) is 98.2 Å². The molecule has 1 saturated carbocycles. The molecule has 4 fully saturated rings. The molecule has 4 aliphatic rings. The van der Waals surface area contributed by atoms with E-state index < -0.39 is 24.1 Å². The number of fused-ring (bicyclic) bond motifs is 1. The molecule has 1 aliphatic carbocycles. The minimum Gasteiger partial charge on any atom is -0.387 e. The van der Waals surface area contributed by atoms with Crippen LogP contribution < -0.4 is 0 Å². The van der Waals surface area contributed by atoms with E-state index in [0.29, 0.717) is 13.2 Å². The highest BCUT2D eigenvalue weighted by molar-refractivity contribution is 7.99. The van der Waals surface area contributed by atoms with E-state index in [1.807, 2.05) is 30.3 Å². The van der Waals surface area contributed by atoms with E-state index in [1.165, 1.54) is 6.42 Å². The molecule has 1 aromatic carbocycles. The van der Waals surface area contributed by atoms with Crippen molar-refractivity contribution in [3.05, 3.63) is 30.3 Å². The third-order valence-corrected chi connectivity index (χ3v) is 7.69. The van der Waals surface area contributed by atoms with Crippen LogP contribution >= 0.6 is 11.8 Å². The number of ether oxygens (including phenoxy) is 5. The van der Waals surface area contributed by atoms with Gasteiger partial charge in [-0.15, -0.1) is 0 Å². The maximum absolute atomic E-state index is 11.4. The smallest absolute Gasteiger partial charge is 0.169 e. The number of benzene rings is 1. The molecule has 7 heteroatoms. The standard InChI is InChI=1S/C23H32O6S/c24-19-20-17(15-26-23(29-20)12-6-2-7-13-23)27-22(30-16-9-3-1-4-10-16)21(19)28-18-11-5-8-14-25-18/h1,3-4,9-10,17-22,24H,2,5-8,11-15H2/t17-,18?,19+,20-,21-,22+/m1/s1. The summed E-state index contributed by atoms with van der Waals surface area (Å²) in [6, 6.07) is 10.1. The van der Waals surface area contributed by atoms with Gasteiger partial charge in [-0.05, 0) is 44.2 Å². The van der Waals surface area contributed by atoms with Crippen molar-refractivity contribution in [1.82, 2.24) is 0 Å². The van der Waals surface area contributed by atoms with Crippen molar-refractivity contribution >= 4 is 11.8 Å². The first-order valence-corrected chi connectivity index (χ1v) is 12.2. The molecule has 1 unspecified atom stereocenters. The summed E-state index contributed by atoms with van der Waals surface area (Å²) in [5, 5.41) is 11.4. The third kappa shape index (κ3) is 4.58. The Hall–Kier alpha value is -0.670. The van der Waals surface area contributed by atoms with Gasteiger partial charge in [0.15, 0.2) is 12.1 Å². The van der Waals surface area contributed by atoms with E-state index in [-0.39, 0.29) is 17.8 Å². The number of aliphatic hydroxyl groups excluding tert-OH is 1. The second kappa shape index (κ2) is 9.45. The van der Waals surface area contributed by atoms with Crippen molar-refractivity contribution in [3.8, 4) is 0 Å². The summed E-state index contributed by atoms with van der Waals surface area (Å²) >= 11 is 1.57. The predicted molar refractivity (Wildman–Crippen MR) is 112 cm³/mol. The fraction of sp³-hybridized carbons (Fsp3) is 0.739. The van der Waals surface area contributed by atoms with Gasteiger partial charge in [0.2, 0.25) is 0 Å². The first-order valence-electron chi connectivity index (χ1n) is 11.4. The summed E-state index contributed by atoms with van der Waals surface area (Å²) in [5.41, 5.74) is -0.359. The van der Waals surface area contributed by atoms with Gasteiger partial charge in [0, 0.05) is 24.3 Å². The van der Waals surface area contributed by atoms with Crippen LogP contribution in [0.1, 0.15) is 51.4 Å². The van der Waals surface area contributed by atoms with E-state index in [4.69, 9.17) is 23.7 Å². The van der Waals surface area contributed by atoms with E-state index in [0.717, 1.165) is 49.8 Å². The highest BCUT2D eigenvalue weighted by Gasteiger charge is 2.54. The van der Waals surface area contributed by atoms with Crippen molar-refractivity contribution < 1.29 is 28.8 Å². The summed E-state index contributed by atoms with van der Waals surface area (Å²) < 4.78 is 31.1. The average molecular weight is 437 g/mol. The van der Waals surface area contributed by atoms with E-state index in [2.05, 4.69) is 0 Å². The second-order valence-electron chi connectivity index (χ2n) is 8.73. The Morgan fingerprint density at radius 1 is 1.03 bits per heavy atom. The van der Waals surface area contributed by atoms with Gasteiger partial charge in [0.05, 0.1) is 6.61 Å². The van der Waals surface area contributed by atoms with Gasteiger partial charge in [-0.25, -0.2) is 0 Å². The SMILES string of the molecule is O[C@@H]1[C@@H](OC2CCCCO2)[C@H](Sc2ccccc2)O[C@@H]2COC3(CCCCC3)O[C@@H]12. The molecule has 0 amide bonds. The molecule has 5 rings (SSSR count). The highest BCUT2D eigenvalue weighted by atomic mass is 32.2. The molecule has 6 nitrogen and oxygen atoms in total. The van der Waals surface area contributed by atoms with Gasteiger partial charge in [-0.3, -0.25) is 0 Å². The van der Waals surface area contributed by atoms with Gasteiger partial charge in [0.1, 0.15) is 29.9 Å². The Bertz CT molecular complexity index is 676. The van der Waals surface area contributed by atoms with Crippen molar-refractivity contribution in [1.29, 1.82) is 0 Å². The quantitative estimate of drug-likeness (QED) is 0.769. The van der Waals surface area contributed by atoms with Crippen LogP contribution in [0.15, 0.2) is 35.2 Å². The van der Waals surface area contributed by atoms with Gasteiger partial charge >= 0.3 is 0 Å².